The molecule has 0 unspecified atom stereocenters. The SMILES string of the molecule is Cc1ccnc(N2CCN(Cc3n[nH]c4c3CCC4)CC2)n1. The van der Waals surface area contributed by atoms with E-state index in [0.29, 0.717) is 0 Å². The van der Waals surface area contributed by atoms with Gasteiger partial charge in [0, 0.05) is 50.3 Å². The lowest BCUT2D eigenvalue weighted by Crippen LogP contribution is -2.46. The lowest BCUT2D eigenvalue weighted by molar-refractivity contribution is 0.245. The van der Waals surface area contributed by atoms with Crippen molar-refractivity contribution in [3.05, 3.63) is 34.9 Å². The van der Waals surface area contributed by atoms with E-state index in [-0.39, 0.29) is 0 Å². The van der Waals surface area contributed by atoms with E-state index in [2.05, 4.69) is 30.0 Å². The van der Waals surface area contributed by atoms with Crippen LogP contribution in [0, 0.1) is 6.92 Å². The van der Waals surface area contributed by atoms with Crippen molar-refractivity contribution in [2.45, 2.75) is 32.7 Å². The first-order chi connectivity index (χ1) is 10.8. The Bertz CT molecular complexity index is 656. The summed E-state index contributed by atoms with van der Waals surface area (Å²) < 4.78 is 0. The molecule has 4 rings (SSSR count). The van der Waals surface area contributed by atoms with Crippen LogP contribution in [0.15, 0.2) is 12.3 Å². The molecular weight excluding hydrogens is 276 g/mol. The van der Waals surface area contributed by atoms with Crippen molar-refractivity contribution >= 4 is 5.95 Å². The molecule has 0 bridgehead atoms. The molecule has 1 N–H and O–H groups in total. The molecule has 3 heterocycles. The molecular formula is C16H22N6. The molecule has 1 aliphatic carbocycles. The summed E-state index contributed by atoms with van der Waals surface area (Å²) in [6.45, 7) is 7.03. The van der Waals surface area contributed by atoms with E-state index in [0.717, 1.165) is 44.4 Å². The Labute approximate surface area is 130 Å². The van der Waals surface area contributed by atoms with Crippen LogP contribution in [-0.4, -0.2) is 51.2 Å². The molecule has 116 valence electrons. The number of piperazine rings is 1. The standard InChI is InChI=1S/C16H22N6/c1-12-5-6-17-16(18-12)22-9-7-21(8-10-22)11-15-13-3-2-4-14(13)19-20-15/h5-6H,2-4,7-11H2,1H3,(H,19,20). The molecule has 0 atom stereocenters. The van der Waals surface area contributed by atoms with Crippen molar-refractivity contribution in [1.29, 1.82) is 0 Å². The number of aromatic nitrogens is 4. The fraction of sp³-hybridized carbons (Fsp3) is 0.562. The van der Waals surface area contributed by atoms with Gasteiger partial charge in [0.15, 0.2) is 0 Å². The molecule has 0 radical (unpaired) electrons. The van der Waals surface area contributed by atoms with Gasteiger partial charge in [-0.3, -0.25) is 10.00 Å². The highest BCUT2D eigenvalue weighted by Crippen LogP contribution is 2.24. The second-order valence-electron chi connectivity index (χ2n) is 6.24. The van der Waals surface area contributed by atoms with Crippen LogP contribution >= 0.6 is 0 Å². The third-order valence-corrected chi connectivity index (χ3v) is 4.70. The normalized spacial score (nSPS) is 18.7. The monoisotopic (exact) mass is 298 g/mol. The van der Waals surface area contributed by atoms with Crippen LogP contribution in [-0.2, 0) is 19.4 Å². The predicted molar refractivity (Wildman–Crippen MR) is 84.9 cm³/mol. The van der Waals surface area contributed by atoms with Gasteiger partial charge in [0.2, 0.25) is 5.95 Å². The molecule has 22 heavy (non-hydrogen) atoms. The Kier molecular flexibility index (Phi) is 3.54. The second-order valence-corrected chi connectivity index (χ2v) is 6.24. The summed E-state index contributed by atoms with van der Waals surface area (Å²) in [4.78, 5) is 13.7. The lowest BCUT2D eigenvalue weighted by atomic mass is 10.2. The highest BCUT2D eigenvalue weighted by atomic mass is 15.3. The number of fused-ring (bicyclic) bond motifs is 1. The number of hydrogen-bond acceptors (Lipinski definition) is 5. The number of H-pyrrole nitrogens is 1. The summed E-state index contributed by atoms with van der Waals surface area (Å²) in [5, 5.41) is 7.73. The molecule has 0 saturated carbocycles. The van der Waals surface area contributed by atoms with Crippen molar-refractivity contribution in [3.63, 3.8) is 0 Å². The molecule has 2 aliphatic rings. The maximum absolute atomic E-state index is 4.52. The Balaban J connectivity index is 1.37. The highest BCUT2D eigenvalue weighted by molar-refractivity contribution is 5.32. The van der Waals surface area contributed by atoms with Gasteiger partial charge < -0.3 is 4.90 Å². The van der Waals surface area contributed by atoms with Gasteiger partial charge in [-0.05, 0) is 37.8 Å². The smallest absolute Gasteiger partial charge is 0.225 e. The molecule has 2 aromatic rings. The summed E-state index contributed by atoms with van der Waals surface area (Å²) in [6.07, 6.45) is 5.48. The predicted octanol–water partition coefficient (Wildman–Crippen LogP) is 1.32. The molecule has 6 heteroatoms. The summed E-state index contributed by atoms with van der Waals surface area (Å²) >= 11 is 0. The molecule has 0 amide bonds. The fourth-order valence-corrected chi connectivity index (χ4v) is 3.42. The second kappa shape index (κ2) is 5.68. The third-order valence-electron chi connectivity index (χ3n) is 4.70. The quantitative estimate of drug-likeness (QED) is 0.926. The first kappa shape index (κ1) is 13.7. The molecule has 1 fully saturated rings. The summed E-state index contributed by atoms with van der Waals surface area (Å²) in [6, 6.07) is 1.94. The maximum atomic E-state index is 4.52. The molecule has 0 aromatic carbocycles. The van der Waals surface area contributed by atoms with Gasteiger partial charge in [0.25, 0.3) is 0 Å². The minimum atomic E-state index is 0.861. The number of aryl methyl sites for hydroxylation is 2. The lowest BCUT2D eigenvalue weighted by Gasteiger charge is -2.34. The Hall–Kier alpha value is -1.95. The van der Waals surface area contributed by atoms with E-state index in [1.54, 1.807) is 0 Å². The largest absolute Gasteiger partial charge is 0.338 e. The number of anilines is 1. The molecule has 2 aromatic heterocycles. The average Bonchev–Trinajstić information content (AvgIpc) is 3.13. The Morgan fingerprint density at radius 1 is 1.18 bits per heavy atom. The van der Waals surface area contributed by atoms with Gasteiger partial charge in [-0.1, -0.05) is 0 Å². The van der Waals surface area contributed by atoms with Crippen molar-refractivity contribution in [2.24, 2.45) is 0 Å². The minimum Gasteiger partial charge on any atom is -0.338 e. The van der Waals surface area contributed by atoms with Crippen LogP contribution in [0.3, 0.4) is 0 Å². The summed E-state index contributed by atoms with van der Waals surface area (Å²) in [7, 11) is 0. The minimum absolute atomic E-state index is 0.861. The number of aromatic amines is 1. The first-order valence-electron chi connectivity index (χ1n) is 8.11. The van der Waals surface area contributed by atoms with E-state index < -0.39 is 0 Å². The van der Waals surface area contributed by atoms with Crippen LogP contribution in [0.25, 0.3) is 0 Å². The van der Waals surface area contributed by atoms with Gasteiger partial charge in [0.1, 0.15) is 0 Å². The van der Waals surface area contributed by atoms with E-state index in [1.807, 2.05) is 19.2 Å². The van der Waals surface area contributed by atoms with E-state index in [1.165, 1.54) is 36.2 Å². The van der Waals surface area contributed by atoms with E-state index >= 15 is 0 Å². The van der Waals surface area contributed by atoms with E-state index in [4.69, 9.17) is 0 Å². The summed E-state index contributed by atoms with van der Waals surface area (Å²) in [5.74, 6) is 0.861. The number of hydrogen-bond donors (Lipinski definition) is 1. The van der Waals surface area contributed by atoms with Crippen LogP contribution < -0.4 is 4.90 Å². The van der Waals surface area contributed by atoms with Gasteiger partial charge in [0.05, 0.1) is 5.69 Å². The van der Waals surface area contributed by atoms with Gasteiger partial charge in [-0.25, -0.2) is 9.97 Å². The first-order valence-corrected chi connectivity index (χ1v) is 8.11. The maximum Gasteiger partial charge on any atom is 0.225 e. The van der Waals surface area contributed by atoms with Gasteiger partial charge >= 0.3 is 0 Å². The summed E-state index contributed by atoms with van der Waals surface area (Å²) in [5.41, 5.74) is 5.12. The van der Waals surface area contributed by atoms with Gasteiger partial charge in [-0.15, -0.1) is 0 Å². The highest BCUT2D eigenvalue weighted by Gasteiger charge is 2.23. The molecule has 1 saturated heterocycles. The topological polar surface area (TPSA) is 60.9 Å². The zero-order valence-electron chi connectivity index (χ0n) is 13.0. The Morgan fingerprint density at radius 3 is 2.86 bits per heavy atom. The number of nitrogens with zero attached hydrogens (tertiary/aromatic N) is 5. The third kappa shape index (κ3) is 2.59. The fourth-order valence-electron chi connectivity index (χ4n) is 3.42. The average molecular weight is 298 g/mol. The van der Waals surface area contributed by atoms with Crippen molar-refractivity contribution in [2.75, 3.05) is 31.1 Å². The number of nitrogens with one attached hydrogen (secondary N) is 1. The van der Waals surface area contributed by atoms with Crippen molar-refractivity contribution < 1.29 is 0 Å². The number of rotatable bonds is 3. The zero-order valence-corrected chi connectivity index (χ0v) is 13.0. The van der Waals surface area contributed by atoms with Crippen LogP contribution in [0.4, 0.5) is 5.95 Å². The van der Waals surface area contributed by atoms with Crippen LogP contribution in [0.2, 0.25) is 0 Å². The molecule has 6 nitrogen and oxygen atoms in total. The van der Waals surface area contributed by atoms with E-state index in [9.17, 15) is 0 Å². The van der Waals surface area contributed by atoms with Crippen LogP contribution in [0.5, 0.6) is 0 Å². The zero-order chi connectivity index (χ0) is 14.9. The van der Waals surface area contributed by atoms with Crippen LogP contribution in [0.1, 0.15) is 29.1 Å². The molecule has 1 aliphatic heterocycles. The van der Waals surface area contributed by atoms with Crippen molar-refractivity contribution in [1.82, 2.24) is 25.1 Å². The Morgan fingerprint density at radius 2 is 2.05 bits per heavy atom. The molecule has 0 spiro atoms. The van der Waals surface area contributed by atoms with Crippen molar-refractivity contribution in [3.8, 4) is 0 Å². The van der Waals surface area contributed by atoms with Gasteiger partial charge in [-0.2, -0.15) is 5.10 Å².